The summed E-state index contributed by atoms with van der Waals surface area (Å²) in [5, 5.41) is 7.75. The lowest BCUT2D eigenvalue weighted by atomic mass is 10.1. The smallest absolute Gasteiger partial charge is 0.151 e. The number of rotatable bonds is 5. The Balaban J connectivity index is 2.30. The van der Waals surface area contributed by atoms with Crippen LogP contribution in [0.4, 0.5) is 8.78 Å². The molecule has 114 valence electrons. The maximum atomic E-state index is 13.9. The summed E-state index contributed by atoms with van der Waals surface area (Å²) in [7, 11) is 0. The highest BCUT2D eigenvalue weighted by Gasteiger charge is 2.15. The number of aryl methyl sites for hydroxylation is 1. The van der Waals surface area contributed by atoms with Gasteiger partial charge < -0.3 is 5.32 Å². The Morgan fingerprint density at radius 2 is 1.95 bits per heavy atom. The van der Waals surface area contributed by atoms with E-state index in [4.69, 9.17) is 0 Å². The molecule has 0 saturated carbocycles. The van der Waals surface area contributed by atoms with Crippen LogP contribution in [0.1, 0.15) is 30.8 Å². The fourth-order valence-corrected chi connectivity index (χ4v) is 2.41. The molecule has 1 aromatic carbocycles. The molecule has 0 aliphatic carbocycles. The van der Waals surface area contributed by atoms with Crippen LogP contribution in [0.5, 0.6) is 0 Å². The van der Waals surface area contributed by atoms with E-state index in [2.05, 4.69) is 24.3 Å². The molecule has 1 aromatic heterocycles. The van der Waals surface area contributed by atoms with Crippen LogP contribution in [-0.2, 0) is 6.42 Å². The third-order valence-electron chi connectivity index (χ3n) is 3.51. The zero-order chi connectivity index (χ0) is 15.6. The summed E-state index contributed by atoms with van der Waals surface area (Å²) in [6.45, 7) is 8.86. The van der Waals surface area contributed by atoms with Crippen molar-refractivity contribution in [3.8, 4) is 5.69 Å². The Morgan fingerprint density at radius 3 is 2.57 bits per heavy atom. The van der Waals surface area contributed by atoms with Crippen LogP contribution in [0.15, 0.2) is 18.2 Å². The third-order valence-corrected chi connectivity index (χ3v) is 3.51. The molecule has 3 nitrogen and oxygen atoms in total. The van der Waals surface area contributed by atoms with E-state index >= 15 is 0 Å². The SMILES string of the molecule is Cc1nn(-c2ccc(F)cc2F)c(C)c1CCNC(C)C. The zero-order valence-electron chi connectivity index (χ0n) is 12.9. The van der Waals surface area contributed by atoms with Crippen LogP contribution >= 0.6 is 0 Å². The Morgan fingerprint density at radius 1 is 1.24 bits per heavy atom. The van der Waals surface area contributed by atoms with E-state index in [0.29, 0.717) is 6.04 Å². The van der Waals surface area contributed by atoms with Crippen molar-refractivity contribution in [3.05, 3.63) is 46.8 Å². The van der Waals surface area contributed by atoms with E-state index in [1.807, 2.05) is 13.8 Å². The standard InChI is InChI=1S/C16H21F2N3/c1-10(2)19-8-7-14-11(3)20-21(12(14)4)16-6-5-13(17)9-15(16)18/h5-6,9-10,19H,7-8H2,1-4H3. The zero-order valence-corrected chi connectivity index (χ0v) is 12.9. The second-order valence-electron chi connectivity index (χ2n) is 5.52. The molecule has 0 saturated heterocycles. The molecule has 0 aliphatic rings. The highest BCUT2D eigenvalue weighted by Crippen LogP contribution is 2.21. The average Bonchev–Trinajstić information content (AvgIpc) is 2.66. The highest BCUT2D eigenvalue weighted by molar-refractivity contribution is 5.38. The predicted molar refractivity (Wildman–Crippen MR) is 79.8 cm³/mol. The minimum absolute atomic E-state index is 0.278. The molecule has 0 spiro atoms. The fourth-order valence-electron chi connectivity index (χ4n) is 2.41. The molecule has 1 N–H and O–H groups in total. The molecule has 0 amide bonds. The number of hydrogen-bond donors (Lipinski definition) is 1. The number of nitrogens with one attached hydrogen (secondary N) is 1. The number of nitrogens with zero attached hydrogens (tertiary/aromatic N) is 2. The van der Waals surface area contributed by atoms with E-state index in [1.54, 1.807) is 4.68 Å². The van der Waals surface area contributed by atoms with Crippen molar-refractivity contribution in [2.45, 2.75) is 40.2 Å². The van der Waals surface area contributed by atoms with Gasteiger partial charge in [-0.2, -0.15) is 5.10 Å². The summed E-state index contributed by atoms with van der Waals surface area (Å²) in [6, 6.07) is 3.97. The first-order chi connectivity index (χ1) is 9.90. The monoisotopic (exact) mass is 293 g/mol. The van der Waals surface area contributed by atoms with Crippen LogP contribution in [-0.4, -0.2) is 22.4 Å². The summed E-state index contributed by atoms with van der Waals surface area (Å²) in [5.74, 6) is -1.19. The van der Waals surface area contributed by atoms with Gasteiger partial charge in [-0.25, -0.2) is 13.5 Å². The lowest BCUT2D eigenvalue weighted by Gasteiger charge is -2.09. The molecule has 0 bridgehead atoms. The van der Waals surface area contributed by atoms with E-state index < -0.39 is 11.6 Å². The molecule has 0 atom stereocenters. The summed E-state index contributed by atoms with van der Waals surface area (Å²) in [5.41, 5.74) is 3.15. The van der Waals surface area contributed by atoms with E-state index in [0.717, 1.165) is 36.0 Å². The molecule has 1 heterocycles. The van der Waals surface area contributed by atoms with Crippen LogP contribution in [0.2, 0.25) is 0 Å². The molecule has 5 heteroatoms. The maximum Gasteiger partial charge on any atom is 0.151 e. The van der Waals surface area contributed by atoms with Crippen molar-refractivity contribution in [2.75, 3.05) is 6.54 Å². The summed E-state index contributed by atoms with van der Waals surface area (Å²) in [4.78, 5) is 0. The lowest BCUT2D eigenvalue weighted by Crippen LogP contribution is -2.25. The number of halogens is 2. The quantitative estimate of drug-likeness (QED) is 0.916. The van der Waals surface area contributed by atoms with Crippen molar-refractivity contribution in [1.29, 1.82) is 0 Å². The van der Waals surface area contributed by atoms with Crippen molar-refractivity contribution in [3.63, 3.8) is 0 Å². The normalized spacial score (nSPS) is 11.4. The van der Waals surface area contributed by atoms with Gasteiger partial charge in [0, 0.05) is 17.8 Å². The molecule has 0 radical (unpaired) electrons. The first-order valence-electron chi connectivity index (χ1n) is 7.14. The molecular formula is C16H21F2N3. The van der Waals surface area contributed by atoms with Gasteiger partial charge in [-0.1, -0.05) is 13.8 Å². The number of aromatic nitrogens is 2. The first kappa shape index (κ1) is 15.6. The molecule has 2 aromatic rings. The number of hydrogen-bond acceptors (Lipinski definition) is 2. The minimum atomic E-state index is -0.604. The van der Waals surface area contributed by atoms with Gasteiger partial charge in [0.05, 0.1) is 5.69 Å². The average molecular weight is 293 g/mol. The largest absolute Gasteiger partial charge is 0.314 e. The van der Waals surface area contributed by atoms with Crippen molar-refractivity contribution < 1.29 is 8.78 Å². The van der Waals surface area contributed by atoms with Crippen LogP contribution < -0.4 is 5.32 Å². The summed E-state index contributed by atoms with van der Waals surface area (Å²) >= 11 is 0. The van der Waals surface area contributed by atoms with Gasteiger partial charge in [-0.3, -0.25) is 0 Å². The predicted octanol–water partition coefficient (Wildman–Crippen LogP) is 3.31. The van der Waals surface area contributed by atoms with Crippen molar-refractivity contribution in [1.82, 2.24) is 15.1 Å². The minimum Gasteiger partial charge on any atom is -0.314 e. The number of benzene rings is 1. The summed E-state index contributed by atoms with van der Waals surface area (Å²) in [6.07, 6.45) is 0.832. The Bertz CT molecular complexity index is 633. The van der Waals surface area contributed by atoms with E-state index in [1.165, 1.54) is 12.1 Å². The third kappa shape index (κ3) is 3.47. The molecule has 2 rings (SSSR count). The lowest BCUT2D eigenvalue weighted by molar-refractivity contribution is 0.572. The highest BCUT2D eigenvalue weighted by atomic mass is 19.1. The second-order valence-corrected chi connectivity index (χ2v) is 5.52. The van der Waals surface area contributed by atoms with Crippen molar-refractivity contribution in [2.24, 2.45) is 0 Å². The molecule has 21 heavy (non-hydrogen) atoms. The summed E-state index contributed by atoms with van der Waals surface area (Å²) < 4.78 is 28.5. The Labute approximate surface area is 124 Å². The van der Waals surface area contributed by atoms with Crippen molar-refractivity contribution >= 4 is 0 Å². The van der Waals surface area contributed by atoms with Gasteiger partial charge in [0.15, 0.2) is 5.82 Å². The Hall–Kier alpha value is -1.75. The van der Waals surface area contributed by atoms with Gasteiger partial charge >= 0.3 is 0 Å². The van der Waals surface area contributed by atoms with Gasteiger partial charge in [-0.15, -0.1) is 0 Å². The maximum absolute atomic E-state index is 13.9. The van der Waals surface area contributed by atoms with Crippen LogP contribution in [0.25, 0.3) is 5.69 Å². The molecule has 0 fully saturated rings. The van der Waals surface area contributed by atoms with Gasteiger partial charge in [0.25, 0.3) is 0 Å². The van der Waals surface area contributed by atoms with Crippen LogP contribution in [0, 0.1) is 25.5 Å². The fraction of sp³-hybridized carbons (Fsp3) is 0.438. The Kier molecular flexibility index (Phi) is 4.73. The van der Waals surface area contributed by atoms with E-state index in [9.17, 15) is 8.78 Å². The van der Waals surface area contributed by atoms with Gasteiger partial charge in [-0.05, 0) is 44.5 Å². The van der Waals surface area contributed by atoms with Crippen LogP contribution in [0.3, 0.4) is 0 Å². The molecule has 0 aliphatic heterocycles. The first-order valence-corrected chi connectivity index (χ1v) is 7.14. The topological polar surface area (TPSA) is 29.9 Å². The van der Waals surface area contributed by atoms with Gasteiger partial charge in [0.2, 0.25) is 0 Å². The van der Waals surface area contributed by atoms with Gasteiger partial charge in [0.1, 0.15) is 11.5 Å². The molecular weight excluding hydrogens is 272 g/mol. The molecule has 0 unspecified atom stereocenters. The second kappa shape index (κ2) is 6.35. The van der Waals surface area contributed by atoms with E-state index in [-0.39, 0.29) is 5.69 Å².